The van der Waals surface area contributed by atoms with Crippen molar-refractivity contribution in [2.24, 2.45) is 0 Å². The Hall–Kier alpha value is -2.40. The predicted octanol–water partition coefficient (Wildman–Crippen LogP) is 5.21. The van der Waals surface area contributed by atoms with Crippen molar-refractivity contribution in [2.45, 2.75) is 31.6 Å². The van der Waals surface area contributed by atoms with E-state index in [1.165, 1.54) is 4.90 Å². The third kappa shape index (κ3) is 4.14. The largest absolute Gasteiger partial charge is 0.496 e. The summed E-state index contributed by atoms with van der Waals surface area (Å²) < 4.78 is 16.4. The Morgan fingerprint density at radius 1 is 1.07 bits per heavy atom. The van der Waals surface area contributed by atoms with Crippen LogP contribution in [0.3, 0.4) is 0 Å². The van der Waals surface area contributed by atoms with Gasteiger partial charge in [0, 0.05) is 29.0 Å². The van der Waals surface area contributed by atoms with Crippen molar-refractivity contribution in [3.8, 4) is 11.5 Å². The molecule has 0 saturated heterocycles. The first-order valence-corrected chi connectivity index (χ1v) is 9.96. The molecule has 0 radical (unpaired) electrons. The van der Waals surface area contributed by atoms with E-state index in [2.05, 4.69) is 31.2 Å². The summed E-state index contributed by atoms with van der Waals surface area (Å²) in [6, 6.07) is 11.9. The molecule has 0 bridgehead atoms. The third-order valence-corrected chi connectivity index (χ3v) is 5.77. The Kier molecular flexibility index (Phi) is 6.11. The zero-order chi connectivity index (χ0) is 19.4. The average Bonchev–Trinajstić information content (AvgIpc) is 2.69. The Morgan fingerprint density at radius 3 is 2.44 bits per heavy atom. The number of aryl methyl sites for hydroxylation is 1. The van der Waals surface area contributed by atoms with Gasteiger partial charge in [-0.15, -0.1) is 11.8 Å². The van der Waals surface area contributed by atoms with Crippen LogP contribution in [0.5, 0.6) is 11.5 Å². The van der Waals surface area contributed by atoms with Crippen LogP contribution in [-0.4, -0.2) is 20.0 Å². The highest BCUT2D eigenvalue weighted by molar-refractivity contribution is 7.99. The summed E-state index contributed by atoms with van der Waals surface area (Å²) in [6.45, 7) is 4.11. The van der Waals surface area contributed by atoms with Gasteiger partial charge in [0.05, 0.1) is 19.6 Å². The summed E-state index contributed by atoms with van der Waals surface area (Å²) >= 11 is 1.84. The number of fused-ring (bicyclic) bond motifs is 1. The Labute approximate surface area is 163 Å². The number of rotatable bonds is 7. The lowest BCUT2D eigenvalue weighted by Crippen LogP contribution is -2.11. The minimum atomic E-state index is -0.320. The van der Waals surface area contributed by atoms with Gasteiger partial charge < -0.3 is 13.9 Å². The molecular formula is C22H24O4S. The summed E-state index contributed by atoms with van der Waals surface area (Å²) in [7, 11) is 3.17. The molecule has 3 rings (SSSR count). The number of ether oxygens (including phenoxy) is 2. The first kappa shape index (κ1) is 19.4. The van der Waals surface area contributed by atoms with E-state index in [1.54, 1.807) is 26.4 Å². The molecule has 1 aromatic heterocycles. The summed E-state index contributed by atoms with van der Waals surface area (Å²) in [5, 5.41) is 0.808. The maximum atomic E-state index is 12.6. The lowest BCUT2D eigenvalue weighted by molar-refractivity contribution is 0.395. The van der Waals surface area contributed by atoms with Gasteiger partial charge >= 0.3 is 5.63 Å². The number of thioether (sulfide) groups is 1. The topological polar surface area (TPSA) is 48.7 Å². The zero-order valence-corrected chi connectivity index (χ0v) is 16.9. The van der Waals surface area contributed by atoms with Gasteiger partial charge in [-0.1, -0.05) is 19.1 Å². The fourth-order valence-corrected chi connectivity index (χ4v) is 3.86. The van der Waals surface area contributed by atoms with E-state index >= 15 is 0 Å². The van der Waals surface area contributed by atoms with Crippen molar-refractivity contribution in [2.75, 3.05) is 20.0 Å². The van der Waals surface area contributed by atoms with E-state index < -0.39 is 0 Å². The summed E-state index contributed by atoms with van der Waals surface area (Å²) in [6.07, 6.45) is 1.67. The molecule has 0 fully saturated rings. The second kappa shape index (κ2) is 8.53. The first-order valence-electron chi connectivity index (χ1n) is 8.97. The van der Waals surface area contributed by atoms with E-state index in [4.69, 9.17) is 13.9 Å². The van der Waals surface area contributed by atoms with Crippen LogP contribution in [0.15, 0.2) is 50.5 Å². The highest BCUT2D eigenvalue weighted by Crippen LogP contribution is 2.34. The Bertz CT molecular complexity index is 990. The van der Waals surface area contributed by atoms with E-state index in [1.807, 2.05) is 18.7 Å². The van der Waals surface area contributed by atoms with Gasteiger partial charge in [0.25, 0.3) is 0 Å². The van der Waals surface area contributed by atoms with Crippen molar-refractivity contribution in [3.05, 3.63) is 63.5 Å². The molecule has 0 N–H and O–H groups in total. The first-order chi connectivity index (χ1) is 13.1. The van der Waals surface area contributed by atoms with Crippen LogP contribution in [0.4, 0.5) is 0 Å². The van der Waals surface area contributed by atoms with Gasteiger partial charge in [-0.3, -0.25) is 0 Å². The summed E-state index contributed by atoms with van der Waals surface area (Å²) in [5.74, 6) is 2.34. The van der Waals surface area contributed by atoms with Gasteiger partial charge in [-0.25, -0.2) is 4.79 Å². The highest BCUT2D eigenvalue weighted by atomic mass is 32.2. The van der Waals surface area contributed by atoms with Crippen molar-refractivity contribution in [3.63, 3.8) is 0 Å². The van der Waals surface area contributed by atoms with Gasteiger partial charge in [-0.2, -0.15) is 0 Å². The van der Waals surface area contributed by atoms with Crippen molar-refractivity contribution >= 4 is 22.7 Å². The molecule has 4 nitrogen and oxygen atoms in total. The van der Waals surface area contributed by atoms with Gasteiger partial charge in [0.2, 0.25) is 0 Å². The second-order valence-corrected chi connectivity index (χ2v) is 7.53. The lowest BCUT2D eigenvalue weighted by atomic mass is 9.99. The van der Waals surface area contributed by atoms with Gasteiger partial charge in [-0.05, 0) is 42.4 Å². The van der Waals surface area contributed by atoms with Crippen LogP contribution in [0.2, 0.25) is 0 Å². The van der Waals surface area contributed by atoms with Crippen LogP contribution in [0.25, 0.3) is 11.0 Å². The number of benzene rings is 2. The molecule has 0 aliphatic carbocycles. The minimum absolute atomic E-state index is 0.320. The van der Waals surface area contributed by atoms with E-state index in [0.717, 1.165) is 28.7 Å². The molecular weight excluding hydrogens is 360 g/mol. The maximum absolute atomic E-state index is 12.6. The summed E-state index contributed by atoms with van der Waals surface area (Å²) in [4.78, 5) is 13.9. The molecule has 1 heterocycles. The number of methoxy groups -OCH3 is 2. The fourth-order valence-electron chi connectivity index (χ4n) is 3.09. The monoisotopic (exact) mass is 384 g/mol. The lowest BCUT2D eigenvalue weighted by Gasteiger charge is -2.13. The molecule has 0 atom stereocenters. The average molecular weight is 384 g/mol. The van der Waals surface area contributed by atoms with Crippen LogP contribution in [0.1, 0.15) is 30.0 Å². The molecule has 0 saturated carbocycles. The molecule has 0 aliphatic heterocycles. The quantitative estimate of drug-likeness (QED) is 0.413. The second-order valence-electron chi connectivity index (χ2n) is 6.37. The molecule has 27 heavy (non-hydrogen) atoms. The van der Waals surface area contributed by atoms with Crippen LogP contribution in [-0.2, 0) is 6.42 Å². The fraction of sp³-hybridized carbons (Fsp3) is 0.318. The zero-order valence-electron chi connectivity index (χ0n) is 16.1. The minimum Gasteiger partial charge on any atom is -0.496 e. The SMILES string of the molecule is CCCSc1ccc(Cc2c(C)c3c(OC)cc(OC)cc3oc2=O)cc1. The maximum Gasteiger partial charge on any atom is 0.340 e. The molecule has 2 aromatic carbocycles. The molecule has 0 aliphatic rings. The van der Waals surface area contributed by atoms with Crippen LogP contribution < -0.4 is 15.1 Å². The van der Waals surface area contributed by atoms with Crippen LogP contribution >= 0.6 is 11.8 Å². The van der Waals surface area contributed by atoms with Crippen LogP contribution in [0, 0.1) is 6.92 Å². The van der Waals surface area contributed by atoms with Gasteiger partial charge in [0.15, 0.2) is 0 Å². The Morgan fingerprint density at radius 2 is 1.81 bits per heavy atom. The number of hydrogen-bond donors (Lipinski definition) is 0. The molecule has 3 aromatic rings. The highest BCUT2D eigenvalue weighted by Gasteiger charge is 2.17. The van der Waals surface area contributed by atoms with E-state index in [-0.39, 0.29) is 5.63 Å². The van der Waals surface area contributed by atoms with E-state index in [9.17, 15) is 4.79 Å². The number of hydrogen-bond acceptors (Lipinski definition) is 5. The van der Waals surface area contributed by atoms with Crippen molar-refractivity contribution in [1.82, 2.24) is 0 Å². The molecule has 0 amide bonds. The molecule has 0 spiro atoms. The van der Waals surface area contributed by atoms with E-state index in [0.29, 0.717) is 29.1 Å². The van der Waals surface area contributed by atoms with Crippen molar-refractivity contribution < 1.29 is 13.9 Å². The summed E-state index contributed by atoms with van der Waals surface area (Å²) in [5.41, 5.74) is 2.77. The standard InChI is InChI=1S/C22H24O4S/c1-5-10-27-17-8-6-15(7-9-17)11-18-14(2)21-19(25-4)12-16(24-3)13-20(21)26-22(18)23/h6-9,12-13H,5,10-11H2,1-4H3. The molecule has 0 unspecified atom stereocenters. The third-order valence-electron chi connectivity index (χ3n) is 4.55. The normalized spacial score (nSPS) is 11.0. The molecule has 5 heteroatoms. The van der Waals surface area contributed by atoms with Gasteiger partial charge in [0.1, 0.15) is 17.1 Å². The predicted molar refractivity (Wildman–Crippen MR) is 111 cm³/mol. The van der Waals surface area contributed by atoms with Crippen molar-refractivity contribution in [1.29, 1.82) is 0 Å². The molecule has 142 valence electrons. The Balaban J connectivity index is 2.00. The smallest absolute Gasteiger partial charge is 0.340 e.